The van der Waals surface area contributed by atoms with Crippen LogP contribution in [0.4, 0.5) is 0 Å². The topological polar surface area (TPSA) is 0 Å². The highest BCUT2D eigenvalue weighted by molar-refractivity contribution is 9.09. The van der Waals surface area contributed by atoms with Gasteiger partial charge in [0.2, 0.25) is 0 Å². The normalized spacial score (nSPS) is 29.0. The summed E-state index contributed by atoms with van der Waals surface area (Å²) >= 11 is 5.31. The molecule has 0 aromatic heterocycles. The highest BCUT2D eigenvalue weighted by Gasteiger charge is 2.05. The number of hydrogen-bond acceptors (Lipinski definition) is 1. The van der Waals surface area contributed by atoms with Gasteiger partial charge in [0.1, 0.15) is 0 Å². The van der Waals surface area contributed by atoms with Gasteiger partial charge in [-0.2, -0.15) is 0 Å². The molecule has 1 aliphatic rings. The van der Waals surface area contributed by atoms with Crippen LogP contribution in [0, 0.1) is 5.92 Å². The van der Waals surface area contributed by atoms with Gasteiger partial charge in [0.25, 0.3) is 0 Å². The molecule has 1 atom stereocenters. The monoisotopic (exact) mass is 178 g/mol. The average molecular weight is 179 g/mol. The van der Waals surface area contributed by atoms with Gasteiger partial charge in [-0.3, -0.25) is 0 Å². The fourth-order valence-electron chi connectivity index (χ4n) is 0.497. The molecule has 0 unspecified atom stereocenters. The van der Waals surface area contributed by atoms with E-state index in [1.54, 1.807) is 0 Å². The first-order valence-electron chi connectivity index (χ1n) is 2.27. The van der Waals surface area contributed by atoms with Gasteiger partial charge in [-0.25, -0.2) is 0 Å². The number of alkyl halides is 1. The number of hydrogen-bond donors (Lipinski definition) is 0. The molecule has 0 aliphatic carbocycles. The van der Waals surface area contributed by atoms with E-state index in [0.29, 0.717) is 0 Å². The molecule has 0 fully saturated rings. The summed E-state index contributed by atoms with van der Waals surface area (Å²) in [5.41, 5.74) is 0. The van der Waals surface area contributed by atoms with E-state index < -0.39 is 0 Å². The van der Waals surface area contributed by atoms with Gasteiger partial charge in [-0.15, -0.1) is 11.8 Å². The fourth-order valence-corrected chi connectivity index (χ4v) is 2.17. The number of allylic oxidation sites excluding steroid dienone is 1. The maximum atomic E-state index is 3.41. The molecule has 1 heterocycles. The third-order valence-corrected chi connectivity index (χ3v) is 2.76. The summed E-state index contributed by atoms with van der Waals surface area (Å²) in [7, 11) is 0. The summed E-state index contributed by atoms with van der Waals surface area (Å²) in [5.74, 6) is 2.07. The molecule has 0 spiro atoms. The maximum absolute atomic E-state index is 3.41. The van der Waals surface area contributed by atoms with Crippen molar-refractivity contribution in [3.05, 3.63) is 11.5 Å². The first-order chi connectivity index (χ1) is 3.43. The van der Waals surface area contributed by atoms with E-state index in [0.717, 1.165) is 11.2 Å². The fraction of sp³-hybridized carbons (Fsp3) is 0.600. The van der Waals surface area contributed by atoms with E-state index in [-0.39, 0.29) is 0 Å². The maximum Gasteiger partial charge on any atom is 0.0103 e. The van der Waals surface area contributed by atoms with Crippen LogP contribution in [0.3, 0.4) is 0 Å². The molecule has 2 heteroatoms. The van der Waals surface area contributed by atoms with Gasteiger partial charge < -0.3 is 0 Å². The Kier molecular flexibility index (Phi) is 2.26. The van der Waals surface area contributed by atoms with Crippen LogP contribution in [0.25, 0.3) is 0 Å². The highest BCUT2D eigenvalue weighted by atomic mass is 79.9. The van der Waals surface area contributed by atoms with Crippen molar-refractivity contribution in [2.45, 2.75) is 0 Å². The molecule has 0 radical (unpaired) electrons. The summed E-state index contributed by atoms with van der Waals surface area (Å²) in [6.07, 6.45) is 2.25. The van der Waals surface area contributed by atoms with E-state index in [4.69, 9.17) is 0 Å². The van der Waals surface area contributed by atoms with Crippen LogP contribution in [0.15, 0.2) is 11.5 Å². The molecule has 40 valence electrons. The zero-order valence-corrected chi connectivity index (χ0v) is 6.33. The van der Waals surface area contributed by atoms with Crippen molar-refractivity contribution in [3.8, 4) is 0 Å². The summed E-state index contributed by atoms with van der Waals surface area (Å²) in [6.45, 7) is 0. The lowest BCUT2D eigenvalue weighted by Gasteiger charge is -1.95. The van der Waals surface area contributed by atoms with Crippen molar-refractivity contribution >= 4 is 27.7 Å². The molecular formula is C5H7BrS. The molecule has 0 bridgehead atoms. The molecule has 0 saturated carbocycles. The Morgan fingerprint density at radius 1 is 1.86 bits per heavy atom. The van der Waals surface area contributed by atoms with E-state index in [9.17, 15) is 0 Å². The number of thioether (sulfide) groups is 1. The van der Waals surface area contributed by atoms with Gasteiger partial charge in [0.15, 0.2) is 0 Å². The lowest BCUT2D eigenvalue weighted by Crippen LogP contribution is -1.94. The lowest BCUT2D eigenvalue weighted by molar-refractivity contribution is 0.885. The molecule has 0 amide bonds. The van der Waals surface area contributed by atoms with Crippen molar-refractivity contribution in [1.29, 1.82) is 0 Å². The summed E-state index contributed by atoms with van der Waals surface area (Å²) in [4.78, 5) is 0. The Balaban J connectivity index is 2.28. The summed E-state index contributed by atoms with van der Waals surface area (Å²) < 4.78 is 0. The third-order valence-electron chi connectivity index (χ3n) is 0.955. The average Bonchev–Trinajstić information content (AvgIpc) is 2.14. The van der Waals surface area contributed by atoms with Crippen LogP contribution in [0.5, 0.6) is 0 Å². The third kappa shape index (κ3) is 1.50. The van der Waals surface area contributed by atoms with Crippen LogP contribution in [0.2, 0.25) is 0 Å². The molecule has 7 heavy (non-hydrogen) atoms. The lowest BCUT2D eigenvalue weighted by atomic mass is 10.2. The standard InChI is InChI=1S/C5H7BrS/c6-3-5-1-2-7-4-5/h1-2,5H,3-4H2/t5-/m1/s1. The predicted octanol–water partition coefficient (Wildman–Crippen LogP) is 2.26. The molecule has 1 aliphatic heterocycles. The number of halogens is 1. The molecule has 0 saturated heterocycles. The van der Waals surface area contributed by atoms with Gasteiger partial charge in [0, 0.05) is 11.1 Å². The minimum Gasteiger partial charge on any atom is -0.134 e. The Labute approximate surface area is 56.5 Å². The van der Waals surface area contributed by atoms with Crippen LogP contribution >= 0.6 is 27.7 Å². The van der Waals surface area contributed by atoms with E-state index in [1.807, 2.05) is 11.8 Å². The Hall–Kier alpha value is 0.570. The molecule has 0 N–H and O–H groups in total. The SMILES string of the molecule is BrC[C@H]1C=CSC1. The van der Waals surface area contributed by atoms with Crippen LogP contribution < -0.4 is 0 Å². The van der Waals surface area contributed by atoms with E-state index >= 15 is 0 Å². The molecule has 0 aromatic carbocycles. The van der Waals surface area contributed by atoms with E-state index in [2.05, 4.69) is 27.4 Å². The Morgan fingerprint density at radius 2 is 2.71 bits per heavy atom. The zero-order valence-electron chi connectivity index (χ0n) is 3.93. The molecular weight excluding hydrogens is 172 g/mol. The predicted molar refractivity (Wildman–Crippen MR) is 38.9 cm³/mol. The van der Waals surface area contributed by atoms with Crippen molar-refractivity contribution < 1.29 is 0 Å². The van der Waals surface area contributed by atoms with Crippen molar-refractivity contribution in [2.24, 2.45) is 5.92 Å². The van der Waals surface area contributed by atoms with Gasteiger partial charge in [-0.1, -0.05) is 22.0 Å². The van der Waals surface area contributed by atoms with E-state index in [1.165, 1.54) is 5.75 Å². The molecule has 1 rings (SSSR count). The molecule has 0 aromatic rings. The second-order valence-corrected chi connectivity index (χ2v) is 3.16. The number of rotatable bonds is 1. The quantitative estimate of drug-likeness (QED) is 0.556. The van der Waals surface area contributed by atoms with Crippen LogP contribution in [-0.2, 0) is 0 Å². The van der Waals surface area contributed by atoms with Gasteiger partial charge in [0.05, 0.1) is 0 Å². The van der Waals surface area contributed by atoms with Crippen LogP contribution in [-0.4, -0.2) is 11.1 Å². The zero-order chi connectivity index (χ0) is 5.11. The Morgan fingerprint density at radius 3 is 3.00 bits per heavy atom. The largest absolute Gasteiger partial charge is 0.134 e. The summed E-state index contributed by atoms with van der Waals surface area (Å²) in [5, 5.41) is 3.29. The smallest absolute Gasteiger partial charge is 0.0103 e. The minimum absolute atomic E-state index is 0.796. The van der Waals surface area contributed by atoms with Crippen LogP contribution in [0.1, 0.15) is 0 Å². The molecule has 0 nitrogen and oxygen atoms in total. The van der Waals surface area contributed by atoms with Crippen molar-refractivity contribution in [1.82, 2.24) is 0 Å². The van der Waals surface area contributed by atoms with Crippen molar-refractivity contribution in [2.75, 3.05) is 11.1 Å². The highest BCUT2D eigenvalue weighted by Crippen LogP contribution is 2.21. The second-order valence-electron chi connectivity index (χ2n) is 1.58. The second kappa shape index (κ2) is 2.78. The van der Waals surface area contributed by atoms with Gasteiger partial charge in [-0.05, 0) is 11.3 Å². The Bertz CT molecular complexity index is 80.1. The minimum atomic E-state index is 0.796. The summed E-state index contributed by atoms with van der Waals surface area (Å²) in [6, 6.07) is 0. The van der Waals surface area contributed by atoms with Gasteiger partial charge >= 0.3 is 0 Å². The van der Waals surface area contributed by atoms with Crippen molar-refractivity contribution in [3.63, 3.8) is 0 Å². The first-order valence-corrected chi connectivity index (χ1v) is 4.45. The first kappa shape index (κ1) is 5.70.